The maximum Gasteiger partial charge on any atom is 0.215 e. The van der Waals surface area contributed by atoms with E-state index in [9.17, 15) is 4.79 Å². The molecular weight excluding hydrogens is 214 g/mol. The standard InChI is InChI=1S/C13H13N3O/c1-7-4-8(2)11-9(5-7)13(17)12-10(15-11)6-14-16(12)3/h4-6H,1-3H3,(H,15,17). The van der Waals surface area contributed by atoms with Crippen molar-refractivity contribution in [2.24, 2.45) is 7.05 Å². The van der Waals surface area contributed by atoms with Crippen molar-refractivity contribution in [1.82, 2.24) is 14.8 Å². The highest BCUT2D eigenvalue weighted by Gasteiger charge is 2.10. The molecule has 0 unspecified atom stereocenters. The summed E-state index contributed by atoms with van der Waals surface area (Å²) in [6.45, 7) is 4.01. The zero-order valence-electron chi connectivity index (χ0n) is 10.0. The van der Waals surface area contributed by atoms with Crippen LogP contribution in [0.1, 0.15) is 11.1 Å². The predicted octanol–water partition coefficient (Wildman–Crippen LogP) is 2.03. The predicted molar refractivity (Wildman–Crippen MR) is 68.3 cm³/mol. The molecule has 0 atom stereocenters. The van der Waals surface area contributed by atoms with Gasteiger partial charge in [-0.05, 0) is 31.0 Å². The van der Waals surface area contributed by atoms with E-state index in [2.05, 4.69) is 16.1 Å². The molecule has 1 N–H and O–H groups in total. The Morgan fingerprint density at radius 2 is 2.06 bits per heavy atom. The van der Waals surface area contributed by atoms with Crippen LogP contribution in [-0.4, -0.2) is 14.8 Å². The lowest BCUT2D eigenvalue weighted by molar-refractivity contribution is 0.795. The van der Waals surface area contributed by atoms with E-state index in [-0.39, 0.29) is 5.43 Å². The van der Waals surface area contributed by atoms with E-state index in [0.717, 1.165) is 27.5 Å². The molecule has 2 heterocycles. The summed E-state index contributed by atoms with van der Waals surface area (Å²) in [4.78, 5) is 15.7. The van der Waals surface area contributed by atoms with Crippen LogP contribution in [0, 0.1) is 13.8 Å². The number of aromatic nitrogens is 3. The minimum Gasteiger partial charge on any atom is -0.352 e. The van der Waals surface area contributed by atoms with E-state index in [1.54, 1.807) is 17.9 Å². The van der Waals surface area contributed by atoms with Crippen molar-refractivity contribution >= 4 is 21.9 Å². The number of H-pyrrole nitrogens is 1. The van der Waals surface area contributed by atoms with Crippen molar-refractivity contribution in [3.63, 3.8) is 0 Å². The Hall–Kier alpha value is -2.10. The van der Waals surface area contributed by atoms with Crippen LogP contribution in [0.25, 0.3) is 21.9 Å². The van der Waals surface area contributed by atoms with Crippen LogP contribution in [0.2, 0.25) is 0 Å². The van der Waals surface area contributed by atoms with Gasteiger partial charge in [0.25, 0.3) is 0 Å². The van der Waals surface area contributed by atoms with E-state index >= 15 is 0 Å². The first kappa shape index (κ1) is 10.1. The number of aryl methyl sites for hydroxylation is 3. The number of hydrogen-bond acceptors (Lipinski definition) is 2. The van der Waals surface area contributed by atoms with Gasteiger partial charge in [0.1, 0.15) is 5.52 Å². The van der Waals surface area contributed by atoms with Crippen LogP contribution in [0.4, 0.5) is 0 Å². The van der Waals surface area contributed by atoms with E-state index in [1.165, 1.54) is 0 Å². The third-order valence-electron chi connectivity index (χ3n) is 3.14. The van der Waals surface area contributed by atoms with Crippen molar-refractivity contribution in [1.29, 1.82) is 0 Å². The Bertz CT molecular complexity index is 796. The number of nitrogens with one attached hydrogen (secondary N) is 1. The Morgan fingerprint density at radius 3 is 2.82 bits per heavy atom. The monoisotopic (exact) mass is 227 g/mol. The van der Waals surface area contributed by atoms with Crippen LogP contribution in [0.3, 0.4) is 0 Å². The molecule has 4 nitrogen and oxygen atoms in total. The molecule has 0 saturated heterocycles. The molecular formula is C13H13N3O. The third kappa shape index (κ3) is 1.30. The second-order valence-corrected chi connectivity index (χ2v) is 4.49. The summed E-state index contributed by atoms with van der Waals surface area (Å²) >= 11 is 0. The van der Waals surface area contributed by atoms with Crippen molar-refractivity contribution < 1.29 is 0 Å². The molecule has 0 aliphatic rings. The van der Waals surface area contributed by atoms with Crippen LogP contribution in [0.15, 0.2) is 23.1 Å². The van der Waals surface area contributed by atoms with E-state index in [4.69, 9.17) is 0 Å². The number of fused-ring (bicyclic) bond motifs is 2. The maximum absolute atomic E-state index is 12.4. The van der Waals surface area contributed by atoms with Gasteiger partial charge in [0.15, 0.2) is 0 Å². The van der Waals surface area contributed by atoms with Crippen LogP contribution >= 0.6 is 0 Å². The first-order valence-electron chi connectivity index (χ1n) is 5.53. The summed E-state index contributed by atoms with van der Waals surface area (Å²) in [5.41, 5.74) is 4.55. The number of rotatable bonds is 0. The largest absolute Gasteiger partial charge is 0.352 e. The maximum atomic E-state index is 12.4. The first-order chi connectivity index (χ1) is 8.08. The summed E-state index contributed by atoms with van der Waals surface area (Å²) in [6, 6.07) is 3.99. The summed E-state index contributed by atoms with van der Waals surface area (Å²) in [6.07, 6.45) is 1.69. The van der Waals surface area contributed by atoms with Gasteiger partial charge in [-0.3, -0.25) is 9.48 Å². The Kier molecular flexibility index (Phi) is 1.90. The van der Waals surface area contributed by atoms with Crippen LogP contribution in [-0.2, 0) is 7.05 Å². The molecule has 0 fully saturated rings. The lowest BCUT2D eigenvalue weighted by Gasteiger charge is -2.05. The second-order valence-electron chi connectivity index (χ2n) is 4.49. The van der Waals surface area contributed by atoms with E-state index < -0.39 is 0 Å². The molecule has 3 rings (SSSR count). The van der Waals surface area contributed by atoms with Gasteiger partial charge in [-0.2, -0.15) is 5.10 Å². The SMILES string of the molecule is Cc1cc(C)c2[nH]c3cnn(C)c3c(=O)c2c1. The number of benzene rings is 1. The van der Waals surface area contributed by atoms with Gasteiger partial charge in [0, 0.05) is 12.4 Å². The zero-order chi connectivity index (χ0) is 12.2. The summed E-state index contributed by atoms with van der Waals surface area (Å²) in [5, 5.41) is 4.85. The van der Waals surface area contributed by atoms with Crippen molar-refractivity contribution in [3.05, 3.63) is 39.7 Å². The summed E-state index contributed by atoms with van der Waals surface area (Å²) in [5.74, 6) is 0. The van der Waals surface area contributed by atoms with Gasteiger partial charge in [0.2, 0.25) is 5.43 Å². The number of nitrogens with zero attached hydrogens (tertiary/aromatic N) is 2. The number of hydrogen-bond donors (Lipinski definition) is 1. The van der Waals surface area contributed by atoms with Crippen molar-refractivity contribution in [2.75, 3.05) is 0 Å². The van der Waals surface area contributed by atoms with E-state index in [0.29, 0.717) is 5.52 Å². The molecule has 0 bridgehead atoms. The lowest BCUT2D eigenvalue weighted by atomic mass is 10.1. The van der Waals surface area contributed by atoms with Gasteiger partial charge in [-0.1, -0.05) is 6.07 Å². The molecule has 0 amide bonds. The van der Waals surface area contributed by atoms with Gasteiger partial charge >= 0.3 is 0 Å². The fraction of sp³-hybridized carbons (Fsp3) is 0.231. The Labute approximate surface area is 97.9 Å². The van der Waals surface area contributed by atoms with Crippen molar-refractivity contribution in [3.8, 4) is 0 Å². The molecule has 3 aromatic rings. The van der Waals surface area contributed by atoms with Gasteiger partial charge < -0.3 is 4.98 Å². The zero-order valence-corrected chi connectivity index (χ0v) is 10.0. The highest BCUT2D eigenvalue weighted by molar-refractivity contribution is 5.92. The second kappa shape index (κ2) is 3.20. The highest BCUT2D eigenvalue weighted by Crippen LogP contribution is 2.18. The average molecular weight is 227 g/mol. The molecule has 86 valence electrons. The van der Waals surface area contributed by atoms with Gasteiger partial charge in [-0.25, -0.2) is 0 Å². The Balaban J connectivity index is 2.66. The average Bonchev–Trinajstić information content (AvgIpc) is 2.63. The normalized spacial score (nSPS) is 11.5. The molecule has 2 aromatic heterocycles. The molecule has 4 heteroatoms. The van der Waals surface area contributed by atoms with E-state index in [1.807, 2.05) is 19.9 Å². The molecule has 0 radical (unpaired) electrons. The van der Waals surface area contributed by atoms with Gasteiger partial charge in [0.05, 0.1) is 17.2 Å². The molecule has 0 aliphatic carbocycles. The number of pyridine rings is 1. The molecule has 1 aromatic carbocycles. The fourth-order valence-electron chi connectivity index (χ4n) is 2.37. The Morgan fingerprint density at radius 1 is 1.29 bits per heavy atom. The third-order valence-corrected chi connectivity index (χ3v) is 3.14. The smallest absolute Gasteiger partial charge is 0.215 e. The highest BCUT2D eigenvalue weighted by atomic mass is 16.1. The topological polar surface area (TPSA) is 50.7 Å². The fourth-order valence-corrected chi connectivity index (χ4v) is 2.37. The quantitative estimate of drug-likeness (QED) is 0.639. The van der Waals surface area contributed by atoms with Crippen LogP contribution < -0.4 is 5.43 Å². The molecule has 17 heavy (non-hydrogen) atoms. The van der Waals surface area contributed by atoms with Crippen LogP contribution in [0.5, 0.6) is 0 Å². The summed E-state index contributed by atoms with van der Waals surface area (Å²) in [7, 11) is 1.78. The minimum atomic E-state index is 0.0422. The van der Waals surface area contributed by atoms with Gasteiger partial charge in [-0.15, -0.1) is 0 Å². The minimum absolute atomic E-state index is 0.0422. The number of aromatic amines is 1. The molecule has 0 saturated carbocycles. The summed E-state index contributed by atoms with van der Waals surface area (Å²) < 4.78 is 1.62. The molecule has 0 spiro atoms. The molecule has 0 aliphatic heterocycles. The van der Waals surface area contributed by atoms with Crippen molar-refractivity contribution in [2.45, 2.75) is 13.8 Å². The lowest BCUT2D eigenvalue weighted by Crippen LogP contribution is -2.08. The first-order valence-corrected chi connectivity index (χ1v) is 5.53.